The Bertz CT molecular complexity index is 903. The van der Waals surface area contributed by atoms with Crippen LogP contribution in [0.15, 0.2) is 30.3 Å². The third-order valence-corrected chi connectivity index (χ3v) is 20.6. The molecule has 0 heterocycles. The van der Waals surface area contributed by atoms with E-state index in [4.69, 9.17) is 13.6 Å². The summed E-state index contributed by atoms with van der Waals surface area (Å²) in [6.45, 7) is 34.5. The zero-order chi connectivity index (χ0) is 32.6. The van der Waals surface area contributed by atoms with E-state index in [1.807, 2.05) is 44.2 Å². The van der Waals surface area contributed by atoms with Gasteiger partial charge < -0.3 is 18.7 Å². The second kappa shape index (κ2) is 16.5. The van der Waals surface area contributed by atoms with Crippen LogP contribution in [0.1, 0.15) is 95.6 Å². The molecule has 0 saturated carbocycles. The molecule has 0 aliphatic rings. The van der Waals surface area contributed by atoms with Crippen LogP contribution in [0.2, 0.25) is 34.8 Å². The van der Waals surface area contributed by atoms with Crippen molar-refractivity contribution < 1.29 is 23.5 Å². The average molecular weight is 623 g/mol. The molecule has 6 atom stereocenters. The molecule has 0 aromatic heterocycles. The highest BCUT2D eigenvalue weighted by Crippen LogP contribution is 2.44. The van der Waals surface area contributed by atoms with E-state index in [2.05, 4.69) is 89.3 Å². The van der Waals surface area contributed by atoms with E-state index in [1.54, 1.807) is 0 Å². The van der Waals surface area contributed by atoms with Gasteiger partial charge in [-0.1, -0.05) is 120 Å². The minimum atomic E-state index is -2.17. The van der Waals surface area contributed by atoms with Crippen LogP contribution in [0.25, 0.3) is 0 Å². The first-order chi connectivity index (χ1) is 19.2. The van der Waals surface area contributed by atoms with Crippen molar-refractivity contribution in [3.8, 4) is 0 Å². The third-order valence-electron chi connectivity index (χ3n) is 10.1. The van der Waals surface area contributed by atoms with Gasteiger partial charge in [0.15, 0.2) is 16.6 Å². The maximum absolute atomic E-state index is 13.5. The predicted octanol–water partition coefficient (Wildman–Crippen LogP) is 9.26. The van der Waals surface area contributed by atoms with E-state index in [1.165, 1.54) is 0 Å². The van der Waals surface area contributed by atoms with Crippen LogP contribution in [-0.2, 0) is 25.0 Å². The number of Topliss-reactive ketones (excluding diaryl/α,β-unsaturated/α-hetero) is 1. The Morgan fingerprint density at radius 2 is 1.33 bits per heavy atom. The van der Waals surface area contributed by atoms with E-state index in [-0.39, 0.29) is 34.7 Å². The molecule has 244 valence electrons. The SMILES string of the molecule is CC(C)[Si](OC[C@@H](C)[C@H](O[Si](C)(C)C(C)(C)C)[C@H](C)[C@@H](O)[C@@H](C)C(=O)[C@H](C)COCc1ccccc1)(C(C)C)C(C)C. The summed E-state index contributed by atoms with van der Waals surface area (Å²) in [6.07, 6.45) is -1.05. The Balaban J connectivity index is 3.14. The minimum Gasteiger partial charge on any atom is -0.416 e. The summed E-state index contributed by atoms with van der Waals surface area (Å²) >= 11 is 0. The summed E-state index contributed by atoms with van der Waals surface area (Å²) in [5, 5.41) is 11.7. The summed E-state index contributed by atoms with van der Waals surface area (Å²) in [7, 11) is -4.23. The van der Waals surface area contributed by atoms with Crippen molar-refractivity contribution in [2.24, 2.45) is 23.7 Å². The van der Waals surface area contributed by atoms with Crippen molar-refractivity contribution in [2.75, 3.05) is 13.2 Å². The number of benzene rings is 1. The van der Waals surface area contributed by atoms with Gasteiger partial charge in [-0.05, 0) is 40.3 Å². The molecule has 0 unspecified atom stereocenters. The van der Waals surface area contributed by atoms with Crippen LogP contribution < -0.4 is 0 Å². The monoisotopic (exact) mass is 622 g/mol. The van der Waals surface area contributed by atoms with Gasteiger partial charge in [0.1, 0.15) is 5.78 Å². The van der Waals surface area contributed by atoms with Gasteiger partial charge in [-0.25, -0.2) is 0 Å². The fraction of sp³-hybridized carbons (Fsp3) is 0.800. The number of hydrogen-bond donors (Lipinski definition) is 1. The molecule has 0 bridgehead atoms. The summed E-state index contributed by atoms with van der Waals surface area (Å²) in [6, 6.07) is 9.98. The van der Waals surface area contributed by atoms with Gasteiger partial charge in [0.2, 0.25) is 0 Å². The van der Waals surface area contributed by atoms with Crippen molar-refractivity contribution >= 4 is 22.4 Å². The van der Waals surface area contributed by atoms with Gasteiger partial charge in [-0.2, -0.15) is 0 Å². The van der Waals surface area contributed by atoms with Gasteiger partial charge >= 0.3 is 0 Å². The minimum absolute atomic E-state index is 0.0227. The largest absolute Gasteiger partial charge is 0.416 e. The summed E-state index contributed by atoms with van der Waals surface area (Å²) in [5.41, 5.74) is 2.57. The van der Waals surface area contributed by atoms with Gasteiger partial charge in [-0.3, -0.25) is 4.79 Å². The number of aliphatic hydroxyl groups excluding tert-OH is 1. The predicted molar refractivity (Wildman–Crippen MR) is 183 cm³/mol. The Morgan fingerprint density at radius 3 is 1.79 bits per heavy atom. The van der Waals surface area contributed by atoms with Crippen LogP contribution in [0.3, 0.4) is 0 Å². The molecule has 1 aromatic carbocycles. The molecule has 1 aromatic rings. The Hall–Kier alpha value is -0.836. The second-order valence-electron chi connectivity index (χ2n) is 15.4. The first-order valence-electron chi connectivity index (χ1n) is 16.4. The lowest BCUT2D eigenvalue weighted by Crippen LogP contribution is -2.53. The summed E-state index contributed by atoms with van der Waals surface area (Å²) in [4.78, 5) is 13.5. The smallest absolute Gasteiger partial charge is 0.200 e. The van der Waals surface area contributed by atoms with Crippen molar-refractivity contribution in [1.82, 2.24) is 0 Å². The van der Waals surface area contributed by atoms with Crippen LogP contribution in [0, 0.1) is 23.7 Å². The molecule has 0 amide bonds. The molecule has 0 radical (unpaired) electrons. The maximum atomic E-state index is 13.5. The quantitative estimate of drug-likeness (QED) is 0.165. The first kappa shape index (κ1) is 39.2. The molecule has 1 N–H and O–H groups in total. The van der Waals surface area contributed by atoms with Crippen LogP contribution in [-0.4, -0.2) is 52.9 Å². The van der Waals surface area contributed by atoms with Gasteiger partial charge in [0, 0.05) is 30.3 Å². The van der Waals surface area contributed by atoms with Gasteiger partial charge in [0.05, 0.1) is 25.4 Å². The molecule has 1 rings (SSSR count). The lowest BCUT2D eigenvalue weighted by atomic mass is 9.81. The molecular formula is C35H66O5Si2. The number of carbonyl (C=O) groups is 1. The van der Waals surface area contributed by atoms with Gasteiger partial charge in [-0.15, -0.1) is 0 Å². The second-order valence-corrected chi connectivity index (χ2v) is 25.6. The number of rotatable bonds is 18. The van der Waals surface area contributed by atoms with E-state index >= 15 is 0 Å². The topological polar surface area (TPSA) is 65.0 Å². The lowest BCUT2D eigenvalue weighted by Gasteiger charge is -2.46. The molecule has 42 heavy (non-hydrogen) atoms. The van der Waals surface area contributed by atoms with Crippen molar-refractivity contribution in [1.29, 1.82) is 0 Å². The fourth-order valence-electron chi connectivity index (χ4n) is 6.41. The molecule has 5 nitrogen and oxygen atoms in total. The average Bonchev–Trinajstić information content (AvgIpc) is 2.89. The highest BCUT2D eigenvalue weighted by Gasteiger charge is 2.47. The van der Waals surface area contributed by atoms with Crippen LogP contribution >= 0.6 is 0 Å². The van der Waals surface area contributed by atoms with Crippen LogP contribution in [0.5, 0.6) is 0 Å². The fourth-order valence-corrected chi connectivity index (χ4v) is 13.4. The van der Waals surface area contributed by atoms with E-state index in [9.17, 15) is 9.90 Å². The summed E-state index contributed by atoms with van der Waals surface area (Å²) < 4.78 is 20.0. The zero-order valence-electron chi connectivity index (χ0n) is 29.8. The molecule has 0 fully saturated rings. The number of hydrogen-bond acceptors (Lipinski definition) is 5. The number of ketones is 1. The molecule has 0 saturated heterocycles. The molecular weight excluding hydrogens is 557 g/mol. The van der Waals surface area contributed by atoms with E-state index < -0.39 is 28.7 Å². The van der Waals surface area contributed by atoms with Gasteiger partial charge in [0.25, 0.3) is 0 Å². The highest BCUT2D eigenvalue weighted by molar-refractivity contribution is 6.77. The van der Waals surface area contributed by atoms with E-state index in [0.717, 1.165) is 5.56 Å². The van der Waals surface area contributed by atoms with Crippen molar-refractivity contribution in [2.45, 2.75) is 144 Å². The Labute approximate surface area is 261 Å². The molecule has 0 aliphatic carbocycles. The van der Waals surface area contributed by atoms with Crippen LogP contribution in [0.4, 0.5) is 0 Å². The number of aliphatic hydroxyl groups is 1. The number of carbonyl (C=O) groups excluding carboxylic acids is 1. The first-order valence-corrected chi connectivity index (χ1v) is 21.4. The zero-order valence-corrected chi connectivity index (χ0v) is 31.8. The Kier molecular flexibility index (Phi) is 15.4. The van der Waals surface area contributed by atoms with Crippen molar-refractivity contribution in [3.05, 3.63) is 35.9 Å². The Morgan fingerprint density at radius 1 is 0.833 bits per heavy atom. The normalized spacial score (nSPS) is 17.8. The van der Waals surface area contributed by atoms with Crippen molar-refractivity contribution in [3.63, 3.8) is 0 Å². The molecule has 0 aliphatic heterocycles. The molecule has 0 spiro atoms. The number of ether oxygens (including phenoxy) is 1. The third kappa shape index (κ3) is 10.1. The lowest BCUT2D eigenvalue weighted by molar-refractivity contribution is -0.134. The summed E-state index contributed by atoms with van der Waals surface area (Å²) in [5.74, 6) is -0.961. The maximum Gasteiger partial charge on any atom is 0.200 e. The van der Waals surface area contributed by atoms with E-state index in [0.29, 0.717) is 36.4 Å². The highest BCUT2D eigenvalue weighted by atomic mass is 28.4. The molecule has 7 heteroatoms. The standard InChI is InChI=1S/C35H66O5Si2/c1-24(2)42(25(3)4,26(5)6)39-22-28(8)34(40-41(14,15)35(11,12)13)30(10)33(37)29(9)32(36)27(7)21-38-23-31-19-17-16-18-20-31/h16-20,24-30,33-34,37H,21-23H2,1-15H3/t27-,28-,29+,30-,33+,34+/m1/s1.